The van der Waals surface area contributed by atoms with E-state index in [4.69, 9.17) is 14.7 Å². The summed E-state index contributed by atoms with van der Waals surface area (Å²) in [6.07, 6.45) is 6.34. The Labute approximate surface area is 343 Å². The summed E-state index contributed by atoms with van der Waals surface area (Å²) in [5, 5.41) is 9.83. The van der Waals surface area contributed by atoms with Gasteiger partial charge in [0.2, 0.25) is 5.95 Å². The summed E-state index contributed by atoms with van der Waals surface area (Å²) in [5.41, 5.74) is 6.93. The monoisotopic (exact) mass is 775 g/mol. The molecule has 0 spiro atoms. The largest absolute Gasteiger partial charge is 0.493 e. The highest BCUT2D eigenvalue weighted by molar-refractivity contribution is 5.92. The van der Waals surface area contributed by atoms with E-state index >= 15 is 0 Å². The molecule has 2 N–H and O–H groups in total. The predicted octanol–water partition coefficient (Wildman–Crippen LogP) is 8.09. The highest BCUT2D eigenvalue weighted by Gasteiger charge is 2.25. The van der Waals surface area contributed by atoms with Crippen molar-refractivity contribution in [3.05, 3.63) is 120 Å². The zero-order chi connectivity index (χ0) is 39.1. The molecule has 300 valence electrons. The predicted molar refractivity (Wildman–Crippen MR) is 238 cm³/mol. The lowest BCUT2D eigenvalue weighted by atomic mass is 9.98. The average molecular weight is 776 g/mol. The van der Waals surface area contributed by atoms with Gasteiger partial charge in [0.15, 0.2) is 0 Å². The van der Waals surface area contributed by atoms with Crippen LogP contribution in [0, 0.1) is 12.8 Å². The minimum absolute atomic E-state index is 0.362. The zero-order valence-electron chi connectivity index (χ0n) is 33.9. The van der Waals surface area contributed by atoms with Crippen molar-refractivity contribution in [2.75, 3.05) is 92.5 Å². The first-order chi connectivity index (χ1) is 28.6. The third-order valence-corrected chi connectivity index (χ3v) is 12.4. The van der Waals surface area contributed by atoms with Gasteiger partial charge in [0.05, 0.1) is 17.6 Å². The summed E-state index contributed by atoms with van der Waals surface area (Å²) in [6.45, 7) is 13.8. The minimum Gasteiger partial charge on any atom is -0.493 e. The standard InChI is InChI=1S/C48H57N9O/c1-36-32-42-45(33-46(36)58-35-38-17-23-54(24-18-38)27-22-50-44-16-21-49-43-15-9-8-14-41(43)44)52-48(57-30-28-56(29-31-57)40-12-6-3-7-13-40)53-47(42)51-39-19-25-55(26-20-39)34-37-10-4-2-5-11-37/h2-16,21,32-33,38-39H,17-20,22-31,34-35H2,1H3,(H,49,50)(H,51,52,53). The number of piperazine rings is 1. The van der Waals surface area contributed by atoms with Crippen molar-refractivity contribution in [1.29, 1.82) is 0 Å². The van der Waals surface area contributed by atoms with Crippen LogP contribution in [0.2, 0.25) is 0 Å². The molecule has 0 saturated carbocycles. The maximum Gasteiger partial charge on any atom is 0.228 e. The van der Waals surface area contributed by atoms with Crippen molar-refractivity contribution in [2.24, 2.45) is 5.92 Å². The molecule has 3 aliphatic heterocycles. The molecule has 6 aromatic rings. The molecule has 0 aliphatic carbocycles. The number of fused-ring (bicyclic) bond motifs is 2. The molecule has 4 aromatic carbocycles. The maximum atomic E-state index is 6.65. The van der Waals surface area contributed by atoms with Crippen LogP contribution < -0.4 is 25.2 Å². The van der Waals surface area contributed by atoms with E-state index in [1.165, 1.54) is 16.6 Å². The summed E-state index contributed by atoms with van der Waals surface area (Å²) >= 11 is 0. The lowest BCUT2D eigenvalue weighted by Crippen LogP contribution is -2.47. The van der Waals surface area contributed by atoms with E-state index in [2.05, 4.69) is 139 Å². The zero-order valence-corrected chi connectivity index (χ0v) is 33.9. The number of piperidine rings is 2. The van der Waals surface area contributed by atoms with Gasteiger partial charge in [0.1, 0.15) is 11.6 Å². The smallest absolute Gasteiger partial charge is 0.228 e. The molecule has 3 saturated heterocycles. The highest BCUT2D eigenvalue weighted by atomic mass is 16.5. The normalized spacial score (nSPS) is 17.5. The van der Waals surface area contributed by atoms with Gasteiger partial charge < -0.3 is 30.1 Å². The Bertz CT molecular complexity index is 2240. The minimum atomic E-state index is 0.362. The summed E-state index contributed by atoms with van der Waals surface area (Å²) in [6, 6.07) is 36.7. The highest BCUT2D eigenvalue weighted by Crippen LogP contribution is 2.33. The van der Waals surface area contributed by atoms with Gasteiger partial charge >= 0.3 is 0 Å². The summed E-state index contributed by atoms with van der Waals surface area (Å²) < 4.78 is 6.65. The number of likely N-dealkylation sites (tertiary alicyclic amines) is 2. The van der Waals surface area contributed by atoms with E-state index in [0.717, 1.165) is 149 Å². The average Bonchev–Trinajstić information content (AvgIpc) is 3.28. The van der Waals surface area contributed by atoms with Crippen molar-refractivity contribution in [1.82, 2.24) is 24.8 Å². The number of benzene rings is 4. The van der Waals surface area contributed by atoms with Gasteiger partial charge in [-0.2, -0.15) is 4.98 Å². The summed E-state index contributed by atoms with van der Waals surface area (Å²) in [5.74, 6) is 3.22. The molecule has 3 aliphatic rings. The van der Waals surface area contributed by atoms with Crippen molar-refractivity contribution in [3.63, 3.8) is 0 Å². The number of aryl methyl sites for hydroxylation is 1. The number of para-hydroxylation sites is 2. The van der Waals surface area contributed by atoms with Crippen LogP contribution in [-0.2, 0) is 6.54 Å². The first-order valence-corrected chi connectivity index (χ1v) is 21.4. The molecule has 0 amide bonds. The number of rotatable bonds is 13. The summed E-state index contributed by atoms with van der Waals surface area (Å²) in [7, 11) is 0. The molecule has 0 atom stereocenters. The third kappa shape index (κ3) is 9.14. The van der Waals surface area contributed by atoms with Crippen molar-refractivity contribution in [3.8, 4) is 5.75 Å². The molecule has 0 radical (unpaired) electrons. The Morgan fingerprint density at radius 1 is 0.672 bits per heavy atom. The van der Waals surface area contributed by atoms with Crippen LogP contribution in [0.3, 0.4) is 0 Å². The quantitative estimate of drug-likeness (QED) is 0.120. The fourth-order valence-electron chi connectivity index (χ4n) is 8.92. The van der Waals surface area contributed by atoms with Gasteiger partial charge in [-0.15, -0.1) is 0 Å². The Morgan fingerprint density at radius 3 is 2.17 bits per heavy atom. The Hall–Kier alpha value is -5.45. The number of nitrogens with one attached hydrogen (secondary N) is 2. The van der Waals surface area contributed by atoms with Crippen LogP contribution in [0.5, 0.6) is 5.75 Å². The van der Waals surface area contributed by atoms with Crippen LogP contribution in [-0.4, -0.2) is 103 Å². The van der Waals surface area contributed by atoms with Gasteiger partial charge in [-0.3, -0.25) is 9.88 Å². The van der Waals surface area contributed by atoms with Crippen LogP contribution in [0.25, 0.3) is 21.8 Å². The van der Waals surface area contributed by atoms with Crippen LogP contribution in [0.4, 0.5) is 23.1 Å². The first-order valence-electron chi connectivity index (χ1n) is 21.4. The summed E-state index contributed by atoms with van der Waals surface area (Å²) in [4.78, 5) is 25.0. The molecule has 3 fully saturated rings. The van der Waals surface area contributed by atoms with Crippen molar-refractivity contribution in [2.45, 2.75) is 45.2 Å². The molecule has 2 aromatic heterocycles. The lowest BCUT2D eigenvalue weighted by molar-refractivity contribution is 0.144. The van der Waals surface area contributed by atoms with Crippen LogP contribution in [0.15, 0.2) is 109 Å². The van der Waals surface area contributed by atoms with Gasteiger partial charge in [-0.1, -0.05) is 66.7 Å². The number of hydrogen-bond acceptors (Lipinski definition) is 10. The molecule has 0 unspecified atom stereocenters. The number of nitrogens with zero attached hydrogens (tertiary/aromatic N) is 7. The van der Waals surface area contributed by atoms with Crippen molar-refractivity contribution >= 4 is 44.9 Å². The van der Waals surface area contributed by atoms with Gasteiger partial charge in [-0.25, -0.2) is 4.98 Å². The molecule has 58 heavy (non-hydrogen) atoms. The van der Waals surface area contributed by atoms with E-state index in [-0.39, 0.29) is 0 Å². The lowest BCUT2D eigenvalue weighted by Gasteiger charge is -2.36. The van der Waals surface area contributed by atoms with Crippen molar-refractivity contribution < 1.29 is 4.74 Å². The molecule has 5 heterocycles. The van der Waals surface area contributed by atoms with E-state index in [1.807, 2.05) is 12.3 Å². The van der Waals surface area contributed by atoms with E-state index in [1.54, 1.807) is 0 Å². The third-order valence-electron chi connectivity index (χ3n) is 12.4. The fourth-order valence-corrected chi connectivity index (χ4v) is 8.92. The second kappa shape index (κ2) is 18.0. The Kier molecular flexibility index (Phi) is 11.8. The fraction of sp³-hybridized carbons (Fsp3) is 0.396. The van der Waals surface area contributed by atoms with Gasteiger partial charge in [-0.05, 0) is 93.1 Å². The van der Waals surface area contributed by atoms with E-state index < -0.39 is 0 Å². The number of ether oxygens (including phenoxy) is 1. The maximum absolute atomic E-state index is 6.65. The number of pyridine rings is 1. The van der Waals surface area contributed by atoms with Gasteiger partial charge in [0.25, 0.3) is 0 Å². The first kappa shape index (κ1) is 38.1. The van der Waals surface area contributed by atoms with Crippen LogP contribution in [0.1, 0.15) is 36.8 Å². The molecule has 0 bridgehead atoms. The molecule has 9 rings (SSSR count). The molecule has 10 heteroatoms. The van der Waals surface area contributed by atoms with Gasteiger partial charge in [0, 0.05) is 99.4 Å². The second-order valence-electron chi connectivity index (χ2n) is 16.4. The Morgan fingerprint density at radius 2 is 1.38 bits per heavy atom. The second-order valence-corrected chi connectivity index (χ2v) is 16.4. The number of anilines is 4. The number of aromatic nitrogens is 3. The Balaban J connectivity index is 0.844. The SMILES string of the molecule is Cc1cc2c(NC3CCN(Cc4ccccc4)CC3)nc(N3CCN(c4ccccc4)CC3)nc2cc1OCC1CCN(CCNc2ccnc3ccccc23)CC1. The molecular weight excluding hydrogens is 719 g/mol. The van der Waals surface area contributed by atoms with Crippen LogP contribution >= 0.6 is 0 Å². The van der Waals surface area contributed by atoms with E-state index in [0.29, 0.717) is 12.0 Å². The van der Waals surface area contributed by atoms with E-state index in [9.17, 15) is 0 Å². The molecular formula is C48H57N9O. The number of hydrogen-bond donors (Lipinski definition) is 2. The topological polar surface area (TPSA) is 84.9 Å². The molecule has 10 nitrogen and oxygen atoms in total.